The Bertz CT molecular complexity index is 679. The zero-order chi connectivity index (χ0) is 18.4. The Kier molecular flexibility index (Phi) is 6.67. The maximum absolute atomic E-state index is 12.7. The molecule has 1 N–H and O–H groups in total. The number of benzene rings is 1. The van der Waals surface area contributed by atoms with Crippen molar-refractivity contribution in [2.45, 2.75) is 38.5 Å². The summed E-state index contributed by atoms with van der Waals surface area (Å²) in [5.74, 6) is -0.0328. The number of piperidine rings is 2. The molecule has 6 nitrogen and oxygen atoms in total. The fourth-order valence-electron chi connectivity index (χ4n) is 3.73. The molecule has 0 atom stereocenters. The van der Waals surface area contributed by atoms with Gasteiger partial charge in [-0.05, 0) is 37.7 Å². The predicted octanol–water partition coefficient (Wildman–Crippen LogP) is 1.79. The van der Waals surface area contributed by atoms with Crippen LogP contribution >= 0.6 is 0 Å². The van der Waals surface area contributed by atoms with Gasteiger partial charge in [-0.25, -0.2) is 0 Å². The van der Waals surface area contributed by atoms with Gasteiger partial charge in [0.1, 0.15) is 0 Å². The van der Waals surface area contributed by atoms with E-state index in [1.165, 1.54) is 5.56 Å². The summed E-state index contributed by atoms with van der Waals surface area (Å²) < 4.78 is 28.6. The first-order valence-corrected chi connectivity index (χ1v) is 11.0. The molecule has 3 rings (SSSR count). The highest BCUT2D eigenvalue weighted by molar-refractivity contribution is 7.86. The van der Waals surface area contributed by atoms with Crippen LogP contribution in [0.25, 0.3) is 0 Å². The van der Waals surface area contributed by atoms with E-state index in [2.05, 4.69) is 17.4 Å². The van der Waals surface area contributed by atoms with Gasteiger partial charge in [0.15, 0.2) is 0 Å². The van der Waals surface area contributed by atoms with Gasteiger partial charge in [0.2, 0.25) is 5.91 Å². The van der Waals surface area contributed by atoms with E-state index in [1.807, 2.05) is 18.2 Å². The topological polar surface area (TPSA) is 69.7 Å². The van der Waals surface area contributed by atoms with E-state index >= 15 is 0 Å². The lowest BCUT2D eigenvalue weighted by atomic mass is 9.97. The second kappa shape index (κ2) is 8.97. The van der Waals surface area contributed by atoms with E-state index in [0.29, 0.717) is 45.6 Å². The quantitative estimate of drug-likeness (QED) is 0.819. The van der Waals surface area contributed by atoms with Crippen molar-refractivity contribution in [3.05, 3.63) is 35.9 Å². The highest BCUT2D eigenvalue weighted by atomic mass is 32.2. The minimum atomic E-state index is -3.35. The van der Waals surface area contributed by atoms with Crippen LogP contribution in [0.4, 0.5) is 0 Å². The first-order valence-electron chi connectivity index (χ1n) is 9.64. The lowest BCUT2D eigenvalue weighted by molar-refractivity contribution is -0.126. The van der Waals surface area contributed by atoms with E-state index in [0.717, 1.165) is 25.7 Å². The van der Waals surface area contributed by atoms with Crippen molar-refractivity contribution in [1.29, 1.82) is 0 Å². The summed E-state index contributed by atoms with van der Waals surface area (Å²) >= 11 is 0. The Morgan fingerprint density at radius 1 is 0.962 bits per heavy atom. The number of carbonyl (C=O) groups excluding carboxylic acids is 1. The molecule has 0 saturated carbocycles. The molecule has 0 aromatic heterocycles. The molecule has 2 saturated heterocycles. The number of carbonyl (C=O) groups is 1. The van der Waals surface area contributed by atoms with Crippen LogP contribution in [0.5, 0.6) is 0 Å². The zero-order valence-electron chi connectivity index (χ0n) is 15.3. The van der Waals surface area contributed by atoms with E-state index in [-0.39, 0.29) is 11.8 Å². The maximum Gasteiger partial charge on any atom is 0.281 e. The molecule has 1 amide bonds. The van der Waals surface area contributed by atoms with Crippen LogP contribution in [0.1, 0.15) is 37.7 Å². The molecule has 0 aliphatic carbocycles. The van der Waals surface area contributed by atoms with Crippen molar-refractivity contribution in [3.63, 3.8) is 0 Å². The van der Waals surface area contributed by atoms with Crippen molar-refractivity contribution in [3.8, 4) is 0 Å². The average Bonchev–Trinajstić information content (AvgIpc) is 2.69. The molecular weight excluding hydrogens is 350 g/mol. The number of amides is 1. The summed E-state index contributed by atoms with van der Waals surface area (Å²) in [6, 6.07) is 10.1. The number of rotatable bonds is 6. The molecular formula is C19H29N3O3S. The lowest BCUT2D eigenvalue weighted by Gasteiger charge is -2.35. The van der Waals surface area contributed by atoms with Crippen LogP contribution in [-0.2, 0) is 21.4 Å². The molecule has 0 spiro atoms. The van der Waals surface area contributed by atoms with Gasteiger partial charge in [-0.2, -0.15) is 17.0 Å². The van der Waals surface area contributed by atoms with E-state index in [4.69, 9.17) is 0 Å². The monoisotopic (exact) mass is 379 g/mol. The fraction of sp³-hybridized carbons (Fsp3) is 0.632. The molecule has 2 aliphatic heterocycles. The number of hydrogen-bond acceptors (Lipinski definition) is 3. The molecule has 0 unspecified atom stereocenters. The second-order valence-electron chi connectivity index (χ2n) is 7.17. The molecule has 7 heteroatoms. The molecule has 26 heavy (non-hydrogen) atoms. The smallest absolute Gasteiger partial charge is 0.281 e. The first kappa shape index (κ1) is 19.3. The fourth-order valence-corrected chi connectivity index (χ4v) is 5.45. The molecule has 1 aromatic rings. The standard InChI is InChI=1S/C19H29N3O3S/c23-19(20-12-9-17-7-3-1-4-8-17)18-10-15-22(16-11-18)26(24,25)21-13-5-2-6-14-21/h1,3-4,7-8,18H,2,5-6,9-16H2,(H,20,23). The van der Waals surface area contributed by atoms with Crippen LogP contribution < -0.4 is 5.32 Å². The summed E-state index contributed by atoms with van der Waals surface area (Å²) in [7, 11) is -3.35. The number of nitrogens with one attached hydrogen (secondary N) is 1. The van der Waals surface area contributed by atoms with E-state index in [9.17, 15) is 13.2 Å². The third-order valence-corrected chi connectivity index (χ3v) is 7.38. The van der Waals surface area contributed by atoms with Gasteiger partial charge in [-0.1, -0.05) is 36.8 Å². The first-order chi connectivity index (χ1) is 12.6. The number of nitrogens with zero attached hydrogens (tertiary/aromatic N) is 2. The minimum absolute atomic E-state index is 0.0518. The van der Waals surface area contributed by atoms with Gasteiger partial charge < -0.3 is 5.32 Å². The van der Waals surface area contributed by atoms with Gasteiger partial charge in [0.25, 0.3) is 10.2 Å². The highest BCUT2D eigenvalue weighted by Crippen LogP contribution is 2.23. The molecule has 0 bridgehead atoms. The predicted molar refractivity (Wildman–Crippen MR) is 102 cm³/mol. The average molecular weight is 380 g/mol. The van der Waals surface area contributed by atoms with Crippen molar-refractivity contribution in [1.82, 2.24) is 13.9 Å². The molecule has 0 radical (unpaired) electrons. The molecule has 2 fully saturated rings. The van der Waals surface area contributed by atoms with Crippen LogP contribution in [0.15, 0.2) is 30.3 Å². The summed E-state index contributed by atoms with van der Waals surface area (Å²) in [5.41, 5.74) is 1.20. The van der Waals surface area contributed by atoms with Crippen LogP contribution in [0, 0.1) is 5.92 Å². The van der Waals surface area contributed by atoms with Gasteiger partial charge >= 0.3 is 0 Å². The molecule has 2 aliphatic rings. The zero-order valence-corrected chi connectivity index (χ0v) is 16.1. The Morgan fingerprint density at radius 3 is 2.23 bits per heavy atom. The summed E-state index contributed by atoms with van der Waals surface area (Å²) in [5, 5.41) is 3.00. The summed E-state index contributed by atoms with van der Waals surface area (Å²) in [6.07, 6.45) is 5.01. The van der Waals surface area contributed by atoms with Crippen molar-refractivity contribution >= 4 is 16.1 Å². The van der Waals surface area contributed by atoms with E-state index in [1.54, 1.807) is 8.61 Å². The Balaban J connectivity index is 1.43. The molecule has 1 aromatic carbocycles. The highest BCUT2D eigenvalue weighted by Gasteiger charge is 2.35. The summed E-state index contributed by atoms with van der Waals surface area (Å²) in [6.45, 7) is 2.75. The van der Waals surface area contributed by atoms with Gasteiger partial charge in [0, 0.05) is 38.6 Å². The third-order valence-electron chi connectivity index (χ3n) is 5.35. The SMILES string of the molecule is O=C(NCCc1ccccc1)C1CCN(S(=O)(=O)N2CCCCC2)CC1. The second-order valence-corrected chi connectivity index (χ2v) is 9.10. The van der Waals surface area contributed by atoms with Crippen molar-refractivity contribution < 1.29 is 13.2 Å². The maximum atomic E-state index is 12.7. The van der Waals surface area contributed by atoms with Crippen LogP contribution in [0.3, 0.4) is 0 Å². The Morgan fingerprint density at radius 2 is 1.58 bits per heavy atom. The van der Waals surface area contributed by atoms with Crippen LogP contribution in [0.2, 0.25) is 0 Å². The van der Waals surface area contributed by atoms with Crippen LogP contribution in [-0.4, -0.2) is 55.7 Å². The van der Waals surface area contributed by atoms with Gasteiger partial charge in [-0.3, -0.25) is 4.79 Å². The normalized spacial score (nSPS) is 20.8. The van der Waals surface area contributed by atoms with Gasteiger partial charge in [-0.15, -0.1) is 0 Å². The Hall–Kier alpha value is -1.44. The number of hydrogen-bond donors (Lipinski definition) is 1. The molecule has 144 valence electrons. The van der Waals surface area contributed by atoms with Crippen molar-refractivity contribution in [2.24, 2.45) is 5.92 Å². The third kappa shape index (κ3) is 4.84. The van der Waals surface area contributed by atoms with Gasteiger partial charge in [0.05, 0.1) is 0 Å². The van der Waals surface area contributed by atoms with Crippen molar-refractivity contribution in [2.75, 3.05) is 32.7 Å². The summed E-state index contributed by atoms with van der Waals surface area (Å²) in [4.78, 5) is 12.4. The minimum Gasteiger partial charge on any atom is -0.356 e. The molecule has 2 heterocycles. The lowest BCUT2D eigenvalue weighted by Crippen LogP contribution is -2.50. The Labute approximate surface area is 156 Å². The largest absolute Gasteiger partial charge is 0.356 e. The van der Waals surface area contributed by atoms with E-state index < -0.39 is 10.2 Å².